The van der Waals surface area contributed by atoms with Gasteiger partial charge in [0.15, 0.2) is 0 Å². The smallest absolute Gasteiger partial charge is 0.323 e. The summed E-state index contributed by atoms with van der Waals surface area (Å²) in [6.45, 7) is 2.54. The molecule has 0 radical (unpaired) electrons. The number of amides is 3. The Balaban J connectivity index is 1.60. The fourth-order valence-corrected chi connectivity index (χ4v) is 3.67. The SMILES string of the molecule is CCCOc1ccc(C(=O)NS(=O)(=O)c2ccc(NC(=O)Nc3ccccc3)cc2)cc1. The van der Waals surface area contributed by atoms with Crippen LogP contribution in [-0.2, 0) is 10.0 Å². The number of para-hydroxylation sites is 1. The molecule has 0 fully saturated rings. The first-order valence-corrected chi connectivity index (χ1v) is 11.4. The number of benzene rings is 3. The number of sulfonamides is 1. The van der Waals surface area contributed by atoms with Crippen molar-refractivity contribution >= 4 is 33.3 Å². The lowest BCUT2D eigenvalue weighted by molar-refractivity contribution is 0.0981. The number of carbonyl (C=O) groups is 2. The van der Waals surface area contributed by atoms with E-state index in [9.17, 15) is 18.0 Å². The van der Waals surface area contributed by atoms with Gasteiger partial charge in [-0.05, 0) is 67.1 Å². The zero-order chi connectivity index (χ0) is 23.0. The predicted molar refractivity (Wildman–Crippen MR) is 122 cm³/mol. The van der Waals surface area contributed by atoms with Crippen molar-refractivity contribution in [1.29, 1.82) is 0 Å². The summed E-state index contributed by atoms with van der Waals surface area (Å²) in [6, 6.07) is 20.1. The second-order valence-corrected chi connectivity index (χ2v) is 8.46. The third-order valence-electron chi connectivity index (χ3n) is 4.27. The average molecular weight is 454 g/mol. The summed E-state index contributed by atoms with van der Waals surface area (Å²) in [7, 11) is -4.08. The molecule has 0 saturated carbocycles. The van der Waals surface area contributed by atoms with Crippen molar-refractivity contribution in [2.75, 3.05) is 17.2 Å². The molecule has 0 spiro atoms. The lowest BCUT2D eigenvalue weighted by atomic mass is 10.2. The molecule has 0 unspecified atom stereocenters. The van der Waals surface area contributed by atoms with Gasteiger partial charge in [-0.3, -0.25) is 4.79 Å². The van der Waals surface area contributed by atoms with Gasteiger partial charge in [0.1, 0.15) is 5.75 Å². The largest absolute Gasteiger partial charge is 0.494 e. The summed E-state index contributed by atoms with van der Waals surface area (Å²) in [6.07, 6.45) is 0.854. The number of nitrogens with one attached hydrogen (secondary N) is 3. The average Bonchev–Trinajstić information content (AvgIpc) is 2.78. The summed E-state index contributed by atoms with van der Waals surface area (Å²) in [4.78, 5) is 24.3. The molecule has 3 aromatic rings. The molecule has 0 aromatic heterocycles. The van der Waals surface area contributed by atoms with Crippen LogP contribution in [0.4, 0.5) is 16.2 Å². The van der Waals surface area contributed by atoms with E-state index in [2.05, 4.69) is 10.6 Å². The van der Waals surface area contributed by atoms with Crippen molar-refractivity contribution in [2.24, 2.45) is 0 Å². The highest BCUT2D eigenvalue weighted by atomic mass is 32.2. The molecular formula is C23H23N3O5S. The van der Waals surface area contributed by atoms with Crippen LogP contribution < -0.4 is 20.1 Å². The van der Waals surface area contributed by atoms with Crippen molar-refractivity contribution in [3.05, 3.63) is 84.4 Å². The highest BCUT2D eigenvalue weighted by molar-refractivity contribution is 7.90. The lowest BCUT2D eigenvalue weighted by Crippen LogP contribution is -2.30. The summed E-state index contributed by atoms with van der Waals surface area (Å²) >= 11 is 0. The van der Waals surface area contributed by atoms with Gasteiger partial charge in [-0.1, -0.05) is 25.1 Å². The molecule has 9 heteroatoms. The van der Waals surface area contributed by atoms with Crippen LogP contribution in [-0.4, -0.2) is 27.0 Å². The van der Waals surface area contributed by atoms with E-state index in [0.29, 0.717) is 23.7 Å². The Bertz CT molecular complexity index is 1160. The lowest BCUT2D eigenvalue weighted by Gasteiger charge is -2.10. The van der Waals surface area contributed by atoms with Gasteiger partial charge < -0.3 is 15.4 Å². The van der Waals surface area contributed by atoms with Crippen LogP contribution >= 0.6 is 0 Å². The maximum absolute atomic E-state index is 12.5. The van der Waals surface area contributed by atoms with Crippen LogP contribution in [0.25, 0.3) is 0 Å². The van der Waals surface area contributed by atoms with Crippen molar-refractivity contribution in [1.82, 2.24) is 4.72 Å². The minimum Gasteiger partial charge on any atom is -0.494 e. The zero-order valence-electron chi connectivity index (χ0n) is 17.4. The molecular weight excluding hydrogens is 430 g/mol. The van der Waals surface area contributed by atoms with E-state index in [0.717, 1.165) is 6.42 Å². The van der Waals surface area contributed by atoms with Crippen molar-refractivity contribution in [3.8, 4) is 5.75 Å². The Kier molecular flexibility index (Phi) is 7.45. The third kappa shape index (κ3) is 6.32. The molecule has 3 N–H and O–H groups in total. The standard InChI is InChI=1S/C23H23N3O5S/c1-2-16-31-20-12-8-17(9-13-20)22(27)26-32(29,30)21-14-10-19(11-15-21)25-23(28)24-18-6-4-3-5-7-18/h3-15H,2,16H2,1H3,(H,26,27)(H2,24,25,28). The summed E-state index contributed by atoms with van der Waals surface area (Å²) < 4.78 is 32.6. The summed E-state index contributed by atoms with van der Waals surface area (Å²) in [5.74, 6) is -0.151. The molecule has 3 amide bonds. The van der Waals surface area contributed by atoms with Gasteiger partial charge in [-0.15, -0.1) is 0 Å². The maximum atomic E-state index is 12.5. The Labute approximate surface area is 186 Å². The van der Waals surface area contributed by atoms with Gasteiger partial charge in [0.05, 0.1) is 11.5 Å². The fraction of sp³-hybridized carbons (Fsp3) is 0.130. The van der Waals surface area contributed by atoms with Gasteiger partial charge in [0, 0.05) is 16.9 Å². The maximum Gasteiger partial charge on any atom is 0.323 e. The number of urea groups is 1. The van der Waals surface area contributed by atoms with Crippen molar-refractivity contribution in [2.45, 2.75) is 18.2 Å². The predicted octanol–water partition coefficient (Wildman–Crippen LogP) is 4.24. The Morgan fingerprint density at radius 2 is 1.41 bits per heavy atom. The van der Waals surface area contributed by atoms with E-state index < -0.39 is 22.0 Å². The Morgan fingerprint density at radius 3 is 2.00 bits per heavy atom. The quantitative estimate of drug-likeness (QED) is 0.472. The van der Waals surface area contributed by atoms with E-state index in [1.54, 1.807) is 36.4 Å². The van der Waals surface area contributed by atoms with Crippen molar-refractivity contribution < 1.29 is 22.7 Å². The Hall–Kier alpha value is -3.85. The molecule has 0 aliphatic carbocycles. The van der Waals surface area contributed by atoms with Crippen LogP contribution in [0, 0.1) is 0 Å². The minimum atomic E-state index is -4.08. The molecule has 0 bridgehead atoms. The number of hydrogen-bond acceptors (Lipinski definition) is 5. The van der Waals surface area contributed by atoms with Gasteiger partial charge in [0.2, 0.25) is 0 Å². The molecule has 0 atom stereocenters. The minimum absolute atomic E-state index is 0.109. The monoisotopic (exact) mass is 453 g/mol. The first kappa shape index (κ1) is 22.8. The highest BCUT2D eigenvalue weighted by Gasteiger charge is 2.19. The molecule has 8 nitrogen and oxygen atoms in total. The molecule has 32 heavy (non-hydrogen) atoms. The van der Waals surface area contributed by atoms with Crippen LogP contribution in [0.1, 0.15) is 23.7 Å². The van der Waals surface area contributed by atoms with Crippen molar-refractivity contribution in [3.63, 3.8) is 0 Å². The van der Waals surface area contributed by atoms with E-state index in [1.807, 2.05) is 17.7 Å². The number of ether oxygens (including phenoxy) is 1. The zero-order valence-corrected chi connectivity index (χ0v) is 18.2. The number of hydrogen-bond donors (Lipinski definition) is 3. The van der Waals surface area contributed by atoms with Gasteiger partial charge in [-0.25, -0.2) is 17.9 Å². The van der Waals surface area contributed by atoms with Gasteiger partial charge >= 0.3 is 6.03 Å². The highest BCUT2D eigenvalue weighted by Crippen LogP contribution is 2.16. The molecule has 0 saturated heterocycles. The number of anilines is 2. The van der Waals surface area contributed by atoms with Crippen LogP contribution in [0.5, 0.6) is 5.75 Å². The molecule has 0 aliphatic heterocycles. The normalized spacial score (nSPS) is 10.8. The van der Waals surface area contributed by atoms with Gasteiger partial charge in [0.25, 0.3) is 15.9 Å². The number of rotatable bonds is 8. The first-order valence-electron chi connectivity index (χ1n) is 9.90. The van der Waals surface area contributed by atoms with E-state index in [-0.39, 0.29) is 10.5 Å². The van der Waals surface area contributed by atoms with Crippen LogP contribution in [0.15, 0.2) is 83.8 Å². The fourth-order valence-electron chi connectivity index (χ4n) is 2.69. The van der Waals surface area contributed by atoms with E-state index in [1.165, 1.54) is 36.4 Å². The third-order valence-corrected chi connectivity index (χ3v) is 5.62. The second-order valence-electron chi connectivity index (χ2n) is 6.78. The summed E-state index contributed by atoms with van der Waals surface area (Å²) in [5.41, 5.74) is 1.21. The second kappa shape index (κ2) is 10.5. The van der Waals surface area contributed by atoms with Crippen LogP contribution in [0.2, 0.25) is 0 Å². The molecule has 3 rings (SSSR count). The molecule has 166 valence electrons. The van der Waals surface area contributed by atoms with Crippen LogP contribution in [0.3, 0.4) is 0 Å². The van der Waals surface area contributed by atoms with Gasteiger partial charge in [-0.2, -0.15) is 0 Å². The molecule has 0 aliphatic rings. The van der Waals surface area contributed by atoms with E-state index >= 15 is 0 Å². The first-order chi connectivity index (χ1) is 15.4. The Morgan fingerprint density at radius 1 is 0.812 bits per heavy atom. The molecule has 0 heterocycles. The van der Waals surface area contributed by atoms with E-state index in [4.69, 9.17) is 4.74 Å². The summed E-state index contributed by atoms with van der Waals surface area (Å²) in [5, 5.41) is 5.27. The number of carbonyl (C=O) groups excluding carboxylic acids is 2. The topological polar surface area (TPSA) is 114 Å². The molecule has 3 aromatic carbocycles.